The van der Waals surface area contributed by atoms with Crippen LogP contribution in [-0.2, 0) is 14.8 Å². The van der Waals surface area contributed by atoms with Crippen molar-refractivity contribution in [1.29, 1.82) is 0 Å². The topological polar surface area (TPSA) is 95.6 Å². The van der Waals surface area contributed by atoms with Crippen LogP contribution in [0, 0.1) is 0 Å². The van der Waals surface area contributed by atoms with Gasteiger partial charge in [-0.1, -0.05) is 30.0 Å². The molecule has 10 heteroatoms. The van der Waals surface area contributed by atoms with E-state index in [9.17, 15) is 13.2 Å². The van der Waals surface area contributed by atoms with E-state index in [-0.39, 0.29) is 23.2 Å². The molecule has 1 aromatic heterocycles. The van der Waals surface area contributed by atoms with Crippen molar-refractivity contribution >= 4 is 38.7 Å². The molecule has 0 unspecified atom stereocenters. The number of thioether (sulfide) groups is 1. The highest BCUT2D eigenvalue weighted by molar-refractivity contribution is 7.99. The summed E-state index contributed by atoms with van der Waals surface area (Å²) in [5.74, 6) is 0.816. The van der Waals surface area contributed by atoms with Crippen molar-refractivity contribution in [3.05, 3.63) is 48.5 Å². The van der Waals surface area contributed by atoms with E-state index in [2.05, 4.69) is 9.97 Å². The molecule has 0 spiro atoms. The summed E-state index contributed by atoms with van der Waals surface area (Å²) in [5.41, 5.74) is 1.65. The Kier molecular flexibility index (Phi) is 5.98. The van der Waals surface area contributed by atoms with Gasteiger partial charge in [-0.05, 0) is 31.2 Å². The van der Waals surface area contributed by atoms with E-state index in [0.717, 1.165) is 16.8 Å². The zero-order valence-electron chi connectivity index (χ0n) is 16.4. The lowest BCUT2D eigenvalue weighted by Crippen LogP contribution is -2.34. The number of hydrogen-bond donors (Lipinski definition) is 1. The van der Waals surface area contributed by atoms with Crippen molar-refractivity contribution in [3.8, 4) is 5.75 Å². The summed E-state index contributed by atoms with van der Waals surface area (Å²) in [5, 5.41) is 0.639. The van der Waals surface area contributed by atoms with E-state index in [1.165, 1.54) is 16.1 Å². The van der Waals surface area contributed by atoms with E-state index < -0.39 is 10.0 Å². The molecule has 4 rings (SSSR count). The molecule has 1 amide bonds. The van der Waals surface area contributed by atoms with Crippen LogP contribution in [0.4, 0.5) is 0 Å². The lowest BCUT2D eigenvalue weighted by molar-refractivity contribution is -0.127. The van der Waals surface area contributed by atoms with Gasteiger partial charge < -0.3 is 14.6 Å². The molecule has 1 fully saturated rings. The third-order valence-corrected chi connectivity index (χ3v) is 7.46. The second-order valence-corrected chi connectivity index (χ2v) is 9.64. The van der Waals surface area contributed by atoms with Crippen molar-refractivity contribution in [1.82, 2.24) is 19.2 Å². The molecule has 3 aromatic rings. The Morgan fingerprint density at radius 3 is 2.77 bits per heavy atom. The Bertz CT molecular complexity index is 1150. The van der Waals surface area contributed by atoms with Gasteiger partial charge in [0.15, 0.2) is 5.16 Å². The predicted octanol–water partition coefficient (Wildman–Crippen LogP) is 2.54. The average molecular weight is 447 g/mol. The average Bonchev–Trinajstić information content (AvgIpc) is 3.40. The summed E-state index contributed by atoms with van der Waals surface area (Å²) >= 11 is 1.30. The van der Waals surface area contributed by atoms with Crippen LogP contribution in [0.25, 0.3) is 11.0 Å². The van der Waals surface area contributed by atoms with Gasteiger partial charge in [-0.2, -0.15) is 4.31 Å². The molecule has 0 atom stereocenters. The summed E-state index contributed by atoms with van der Waals surface area (Å²) in [4.78, 5) is 22.1. The number of fused-ring (bicyclic) bond motifs is 1. The Labute approximate surface area is 179 Å². The number of carbonyl (C=O) groups excluding carboxylic acids is 1. The minimum Gasteiger partial charge on any atom is -0.494 e. The van der Waals surface area contributed by atoms with Crippen LogP contribution >= 0.6 is 11.8 Å². The number of aromatic amines is 1. The molecule has 8 nitrogen and oxygen atoms in total. The number of H-pyrrole nitrogens is 1. The van der Waals surface area contributed by atoms with Crippen LogP contribution in [0.1, 0.15) is 6.92 Å². The molecular formula is C20H22N4O4S2. The maximum absolute atomic E-state index is 12.7. The van der Waals surface area contributed by atoms with Crippen LogP contribution in [-0.4, -0.2) is 65.6 Å². The fraction of sp³-hybridized carbons (Fsp3) is 0.300. The van der Waals surface area contributed by atoms with Crippen LogP contribution in [0.5, 0.6) is 5.75 Å². The van der Waals surface area contributed by atoms with Crippen molar-refractivity contribution in [2.75, 3.05) is 32.1 Å². The van der Waals surface area contributed by atoms with Gasteiger partial charge in [-0.3, -0.25) is 4.79 Å². The van der Waals surface area contributed by atoms with Gasteiger partial charge in [0.25, 0.3) is 0 Å². The highest BCUT2D eigenvalue weighted by Gasteiger charge is 2.33. The van der Waals surface area contributed by atoms with Crippen LogP contribution in [0.3, 0.4) is 0 Å². The number of sulfonamides is 1. The molecule has 158 valence electrons. The first kappa shape index (κ1) is 20.7. The molecule has 1 saturated heterocycles. The zero-order valence-corrected chi connectivity index (χ0v) is 18.1. The van der Waals surface area contributed by atoms with Gasteiger partial charge in [-0.15, -0.1) is 0 Å². The van der Waals surface area contributed by atoms with Crippen LogP contribution < -0.4 is 4.74 Å². The van der Waals surface area contributed by atoms with Gasteiger partial charge in [-0.25, -0.2) is 13.4 Å². The fourth-order valence-electron chi connectivity index (χ4n) is 3.22. The second-order valence-electron chi connectivity index (χ2n) is 6.73. The van der Waals surface area contributed by atoms with Crippen molar-refractivity contribution in [3.63, 3.8) is 0 Å². The Morgan fingerprint density at radius 1 is 1.20 bits per heavy atom. The molecule has 30 heavy (non-hydrogen) atoms. The standard InChI is InChI=1S/C20H22N4O4S2/c1-2-28-15-8-9-17-18(12-15)22-20(21-17)29-13-19(25)23-10-11-24(14-23)30(26,27)16-6-4-3-5-7-16/h3-9,12H,2,10-11,13-14H2,1H3,(H,21,22). The predicted molar refractivity (Wildman–Crippen MR) is 115 cm³/mol. The van der Waals surface area contributed by atoms with Gasteiger partial charge in [0.1, 0.15) is 5.75 Å². The summed E-state index contributed by atoms with van der Waals surface area (Å²) in [6, 6.07) is 13.9. The minimum atomic E-state index is -3.60. The molecule has 0 aliphatic carbocycles. The van der Waals surface area contributed by atoms with E-state index in [1.54, 1.807) is 35.2 Å². The maximum atomic E-state index is 12.7. The molecule has 1 aliphatic heterocycles. The first-order valence-electron chi connectivity index (χ1n) is 9.55. The number of carbonyl (C=O) groups is 1. The Balaban J connectivity index is 1.36. The molecule has 1 aliphatic rings. The van der Waals surface area contributed by atoms with E-state index in [1.807, 2.05) is 25.1 Å². The third kappa shape index (κ3) is 4.30. The number of benzene rings is 2. The highest BCUT2D eigenvalue weighted by atomic mass is 32.2. The lowest BCUT2D eigenvalue weighted by Gasteiger charge is -2.18. The van der Waals surface area contributed by atoms with Crippen molar-refractivity contribution in [2.24, 2.45) is 0 Å². The maximum Gasteiger partial charge on any atom is 0.244 e. The summed E-state index contributed by atoms with van der Waals surface area (Å²) < 4.78 is 32.2. The number of amides is 1. The first-order valence-corrected chi connectivity index (χ1v) is 12.0. The van der Waals surface area contributed by atoms with E-state index in [0.29, 0.717) is 24.9 Å². The summed E-state index contributed by atoms with van der Waals surface area (Å²) in [6.45, 7) is 3.24. The molecular weight excluding hydrogens is 424 g/mol. The minimum absolute atomic E-state index is 0.0640. The third-order valence-electron chi connectivity index (χ3n) is 4.76. The van der Waals surface area contributed by atoms with Gasteiger partial charge in [0.05, 0.1) is 35.0 Å². The van der Waals surface area contributed by atoms with Gasteiger partial charge >= 0.3 is 0 Å². The largest absolute Gasteiger partial charge is 0.494 e. The number of aromatic nitrogens is 2. The van der Waals surface area contributed by atoms with E-state index in [4.69, 9.17) is 4.74 Å². The number of nitrogens with one attached hydrogen (secondary N) is 1. The van der Waals surface area contributed by atoms with Gasteiger partial charge in [0, 0.05) is 19.2 Å². The molecule has 2 heterocycles. The quantitative estimate of drug-likeness (QED) is 0.561. The lowest BCUT2D eigenvalue weighted by atomic mass is 10.3. The van der Waals surface area contributed by atoms with Gasteiger partial charge in [0.2, 0.25) is 15.9 Å². The number of ether oxygens (including phenoxy) is 1. The monoisotopic (exact) mass is 446 g/mol. The molecule has 1 N–H and O–H groups in total. The normalized spacial score (nSPS) is 15.0. The number of imidazole rings is 1. The SMILES string of the molecule is CCOc1ccc2nc(SCC(=O)N3CCN(S(=O)(=O)c4ccccc4)C3)[nH]c2c1. The number of nitrogens with zero attached hydrogens (tertiary/aromatic N) is 3. The molecule has 0 bridgehead atoms. The molecule has 2 aromatic carbocycles. The molecule has 0 radical (unpaired) electrons. The first-order chi connectivity index (χ1) is 14.5. The second kappa shape index (κ2) is 8.66. The summed E-state index contributed by atoms with van der Waals surface area (Å²) in [7, 11) is -3.60. The van der Waals surface area contributed by atoms with Crippen LogP contribution in [0.15, 0.2) is 58.6 Å². The Hall–Kier alpha value is -2.56. The van der Waals surface area contributed by atoms with E-state index >= 15 is 0 Å². The Morgan fingerprint density at radius 2 is 2.00 bits per heavy atom. The zero-order chi connectivity index (χ0) is 21.1. The molecule has 0 saturated carbocycles. The van der Waals surface area contributed by atoms with Crippen molar-refractivity contribution < 1.29 is 17.9 Å². The fourth-order valence-corrected chi connectivity index (χ4v) is 5.42. The highest BCUT2D eigenvalue weighted by Crippen LogP contribution is 2.24. The van der Waals surface area contributed by atoms with Crippen molar-refractivity contribution in [2.45, 2.75) is 17.0 Å². The smallest absolute Gasteiger partial charge is 0.244 e. The van der Waals surface area contributed by atoms with Crippen LogP contribution in [0.2, 0.25) is 0 Å². The number of hydrogen-bond acceptors (Lipinski definition) is 6. The number of rotatable bonds is 7. The summed E-state index contributed by atoms with van der Waals surface area (Å²) in [6.07, 6.45) is 0.